The Morgan fingerprint density at radius 2 is 1.58 bits per heavy atom. The molecule has 1 atom stereocenters. The number of anilines is 1. The lowest BCUT2D eigenvalue weighted by Crippen LogP contribution is -2.51. The molecule has 0 radical (unpaired) electrons. The molecule has 38 heavy (non-hydrogen) atoms. The van der Waals surface area contributed by atoms with Crippen LogP contribution in [0.3, 0.4) is 0 Å². The van der Waals surface area contributed by atoms with Gasteiger partial charge in [-0.15, -0.1) is 0 Å². The molecule has 0 aliphatic carbocycles. The average molecular weight is 558 g/mol. The molecule has 0 fully saturated rings. The summed E-state index contributed by atoms with van der Waals surface area (Å²) in [5.74, 6) is -0.316. The lowest BCUT2D eigenvalue weighted by Gasteiger charge is -2.33. The number of benzene rings is 3. The SMILES string of the molecule is CCOc1ccc(S(=O)(=O)N(CC(=O)N(Cc2ccc(Cl)cc2)[C@@H](CC)C(=O)NC)c2ccccc2)cc1. The summed E-state index contributed by atoms with van der Waals surface area (Å²) in [5.41, 5.74) is 1.08. The van der Waals surface area contributed by atoms with E-state index in [1.54, 1.807) is 73.7 Å². The monoisotopic (exact) mass is 557 g/mol. The van der Waals surface area contributed by atoms with Gasteiger partial charge in [0.05, 0.1) is 17.2 Å². The third-order valence-corrected chi connectivity index (χ3v) is 7.98. The topological polar surface area (TPSA) is 96.0 Å². The smallest absolute Gasteiger partial charge is 0.264 e. The molecule has 0 heterocycles. The molecular weight excluding hydrogens is 526 g/mol. The highest BCUT2D eigenvalue weighted by Gasteiger charge is 2.33. The molecule has 0 bridgehead atoms. The quantitative estimate of drug-likeness (QED) is 0.354. The number of hydrogen-bond donors (Lipinski definition) is 1. The standard InChI is InChI=1S/C28H32ClN3O5S/c1-4-26(28(34)30-3)31(19-21-11-13-22(29)14-12-21)27(33)20-32(23-9-7-6-8-10-23)38(35,36)25-17-15-24(16-18-25)37-5-2/h6-18,26H,4-5,19-20H2,1-3H3,(H,30,34)/t26-/m0/s1. The van der Waals surface area contributed by atoms with Gasteiger partial charge in [-0.05, 0) is 67.4 Å². The van der Waals surface area contributed by atoms with Gasteiger partial charge in [-0.1, -0.05) is 48.9 Å². The molecule has 10 heteroatoms. The van der Waals surface area contributed by atoms with Crippen molar-refractivity contribution < 1.29 is 22.7 Å². The predicted molar refractivity (Wildman–Crippen MR) is 149 cm³/mol. The van der Waals surface area contributed by atoms with E-state index in [1.165, 1.54) is 24.1 Å². The number of amides is 2. The maximum absolute atomic E-state index is 13.8. The van der Waals surface area contributed by atoms with E-state index in [1.807, 2.05) is 6.92 Å². The number of carbonyl (C=O) groups is 2. The van der Waals surface area contributed by atoms with E-state index in [4.69, 9.17) is 16.3 Å². The number of likely N-dealkylation sites (N-methyl/N-ethyl adjacent to an activating group) is 1. The number of halogens is 1. The van der Waals surface area contributed by atoms with Crippen LogP contribution in [0.4, 0.5) is 5.69 Å². The third-order valence-electron chi connectivity index (χ3n) is 5.94. The maximum atomic E-state index is 13.8. The van der Waals surface area contributed by atoms with E-state index in [9.17, 15) is 18.0 Å². The Labute approximate surface area is 229 Å². The second-order valence-corrected chi connectivity index (χ2v) is 10.7. The second kappa shape index (κ2) is 13.3. The molecule has 0 aliphatic heterocycles. The number of nitrogens with zero attached hydrogens (tertiary/aromatic N) is 2. The van der Waals surface area contributed by atoms with Crippen molar-refractivity contribution in [2.75, 3.05) is 24.5 Å². The number of carbonyl (C=O) groups excluding carboxylic acids is 2. The fraction of sp³-hybridized carbons (Fsp3) is 0.286. The van der Waals surface area contributed by atoms with E-state index in [-0.39, 0.29) is 17.3 Å². The largest absolute Gasteiger partial charge is 0.494 e. The summed E-state index contributed by atoms with van der Waals surface area (Å²) >= 11 is 6.02. The lowest BCUT2D eigenvalue weighted by molar-refractivity contribution is -0.140. The molecule has 3 aromatic rings. The van der Waals surface area contributed by atoms with Gasteiger partial charge in [0, 0.05) is 18.6 Å². The Morgan fingerprint density at radius 3 is 2.13 bits per heavy atom. The Hall–Kier alpha value is -3.56. The number of nitrogens with one attached hydrogen (secondary N) is 1. The number of para-hydroxylation sites is 1. The van der Waals surface area contributed by atoms with Crippen LogP contribution in [0.15, 0.2) is 83.8 Å². The highest BCUT2D eigenvalue weighted by molar-refractivity contribution is 7.92. The van der Waals surface area contributed by atoms with Gasteiger partial charge < -0.3 is 15.0 Å². The summed E-state index contributed by atoms with van der Waals surface area (Å²) in [6.45, 7) is 3.69. The minimum atomic E-state index is -4.14. The Kier molecular flexibility index (Phi) is 10.2. The molecule has 0 aliphatic rings. The summed E-state index contributed by atoms with van der Waals surface area (Å²) in [5, 5.41) is 3.15. The first-order valence-electron chi connectivity index (χ1n) is 12.3. The van der Waals surface area contributed by atoms with Crippen molar-refractivity contribution in [2.24, 2.45) is 0 Å². The van der Waals surface area contributed by atoms with Crippen LogP contribution in [0.2, 0.25) is 5.02 Å². The van der Waals surface area contributed by atoms with E-state index in [0.717, 1.165) is 9.87 Å². The summed E-state index contributed by atoms with van der Waals surface area (Å²) in [6, 6.07) is 20.6. The highest BCUT2D eigenvalue weighted by Crippen LogP contribution is 2.26. The molecule has 202 valence electrons. The molecule has 1 N–H and O–H groups in total. The van der Waals surface area contributed by atoms with Crippen molar-refractivity contribution in [3.05, 3.63) is 89.4 Å². The van der Waals surface area contributed by atoms with Crippen molar-refractivity contribution in [1.29, 1.82) is 0 Å². The van der Waals surface area contributed by atoms with Crippen molar-refractivity contribution in [3.8, 4) is 5.75 Å². The summed E-state index contributed by atoms with van der Waals surface area (Å²) in [6.07, 6.45) is 0.343. The first-order chi connectivity index (χ1) is 18.2. The van der Waals surface area contributed by atoms with Gasteiger partial charge >= 0.3 is 0 Å². The van der Waals surface area contributed by atoms with Crippen molar-refractivity contribution in [3.63, 3.8) is 0 Å². The van der Waals surface area contributed by atoms with E-state index >= 15 is 0 Å². The van der Waals surface area contributed by atoms with Crippen LogP contribution in [0.1, 0.15) is 25.8 Å². The van der Waals surface area contributed by atoms with Crippen LogP contribution in [-0.4, -0.2) is 51.4 Å². The highest BCUT2D eigenvalue weighted by atomic mass is 35.5. The fourth-order valence-electron chi connectivity index (χ4n) is 4.00. The number of sulfonamides is 1. The van der Waals surface area contributed by atoms with Crippen LogP contribution < -0.4 is 14.4 Å². The summed E-state index contributed by atoms with van der Waals surface area (Å²) in [4.78, 5) is 28.0. The van der Waals surface area contributed by atoms with Crippen LogP contribution in [0.25, 0.3) is 0 Å². The minimum Gasteiger partial charge on any atom is -0.494 e. The second-order valence-electron chi connectivity index (χ2n) is 8.44. The summed E-state index contributed by atoms with van der Waals surface area (Å²) < 4.78 is 34.1. The van der Waals surface area contributed by atoms with Gasteiger partial charge in [0.1, 0.15) is 18.3 Å². The number of hydrogen-bond acceptors (Lipinski definition) is 5. The van der Waals surface area contributed by atoms with E-state index in [2.05, 4.69) is 5.32 Å². The molecule has 0 saturated heterocycles. The fourth-order valence-corrected chi connectivity index (χ4v) is 5.54. The van der Waals surface area contributed by atoms with Crippen LogP contribution in [0, 0.1) is 0 Å². The van der Waals surface area contributed by atoms with Gasteiger partial charge in [0.25, 0.3) is 10.0 Å². The molecule has 2 amide bonds. The molecule has 3 aromatic carbocycles. The molecule has 3 rings (SSSR count). The normalized spacial score (nSPS) is 11.9. The van der Waals surface area contributed by atoms with Gasteiger partial charge in [-0.25, -0.2) is 8.42 Å². The first kappa shape index (κ1) is 29.0. The zero-order chi connectivity index (χ0) is 27.7. The number of ether oxygens (including phenoxy) is 1. The van der Waals surface area contributed by atoms with Crippen LogP contribution >= 0.6 is 11.6 Å². The zero-order valence-electron chi connectivity index (χ0n) is 21.6. The average Bonchev–Trinajstić information content (AvgIpc) is 2.93. The Balaban J connectivity index is 2.01. The zero-order valence-corrected chi connectivity index (χ0v) is 23.2. The molecule has 0 aromatic heterocycles. The van der Waals surface area contributed by atoms with Gasteiger partial charge in [0.2, 0.25) is 11.8 Å². The van der Waals surface area contributed by atoms with E-state index < -0.39 is 28.5 Å². The van der Waals surface area contributed by atoms with Gasteiger partial charge in [-0.3, -0.25) is 13.9 Å². The van der Waals surface area contributed by atoms with Gasteiger partial charge in [0.15, 0.2) is 0 Å². The Bertz CT molecular complexity index is 1320. The van der Waals surface area contributed by atoms with E-state index in [0.29, 0.717) is 29.5 Å². The number of rotatable bonds is 12. The summed E-state index contributed by atoms with van der Waals surface area (Å²) in [7, 11) is -2.64. The minimum absolute atomic E-state index is 0.0141. The van der Waals surface area contributed by atoms with Crippen molar-refractivity contribution in [1.82, 2.24) is 10.2 Å². The maximum Gasteiger partial charge on any atom is 0.264 e. The molecule has 8 nitrogen and oxygen atoms in total. The molecule has 0 spiro atoms. The van der Waals surface area contributed by atoms with Crippen molar-refractivity contribution >= 4 is 39.1 Å². The Morgan fingerprint density at radius 1 is 0.947 bits per heavy atom. The molecular formula is C28H32ClN3O5S. The predicted octanol–water partition coefficient (Wildman–Crippen LogP) is 4.49. The van der Waals surface area contributed by atoms with Crippen LogP contribution in [-0.2, 0) is 26.2 Å². The van der Waals surface area contributed by atoms with Crippen LogP contribution in [0.5, 0.6) is 5.75 Å². The third kappa shape index (κ3) is 7.05. The first-order valence-corrected chi connectivity index (χ1v) is 14.1. The molecule has 0 unspecified atom stereocenters. The van der Waals surface area contributed by atoms with Gasteiger partial charge in [-0.2, -0.15) is 0 Å². The lowest BCUT2D eigenvalue weighted by atomic mass is 10.1. The van der Waals surface area contributed by atoms with Crippen molar-refractivity contribution in [2.45, 2.75) is 37.8 Å². The molecule has 0 saturated carbocycles.